The molecular formula is C17H20F2N6. The summed E-state index contributed by atoms with van der Waals surface area (Å²) in [5, 5.41) is 5.56. The maximum atomic E-state index is 12.7. The van der Waals surface area contributed by atoms with Gasteiger partial charge in [0.25, 0.3) is 6.43 Å². The third-order valence-electron chi connectivity index (χ3n) is 3.86. The number of amidine groups is 1. The van der Waals surface area contributed by atoms with E-state index in [0.29, 0.717) is 17.7 Å². The average Bonchev–Trinajstić information content (AvgIpc) is 3.41. The van der Waals surface area contributed by atoms with Gasteiger partial charge in [-0.25, -0.2) is 13.8 Å². The molecule has 2 heterocycles. The van der Waals surface area contributed by atoms with E-state index in [2.05, 4.69) is 25.6 Å². The lowest BCUT2D eigenvalue weighted by Crippen LogP contribution is -2.35. The van der Waals surface area contributed by atoms with Crippen LogP contribution in [0.25, 0.3) is 5.57 Å². The highest BCUT2D eigenvalue weighted by molar-refractivity contribution is 6.10. The second-order valence-electron chi connectivity index (χ2n) is 5.91. The van der Waals surface area contributed by atoms with Gasteiger partial charge < -0.3 is 16.4 Å². The molecule has 0 unspecified atom stereocenters. The van der Waals surface area contributed by atoms with Gasteiger partial charge in [-0.2, -0.15) is 0 Å². The highest BCUT2D eigenvalue weighted by Gasteiger charge is 2.19. The number of aromatic nitrogens is 1. The van der Waals surface area contributed by atoms with Crippen LogP contribution in [0.1, 0.15) is 24.0 Å². The Balaban J connectivity index is 1.70. The van der Waals surface area contributed by atoms with Gasteiger partial charge in [-0.15, -0.1) is 0 Å². The summed E-state index contributed by atoms with van der Waals surface area (Å²) in [4.78, 5) is 12.5. The van der Waals surface area contributed by atoms with Gasteiger partial charge in [0.05, 0.1) is 12.6 Å². The van der Waals surface area contributed by atoms with Crippen LogP contribution < -0.4 is 16.4 Å². The SMILES string of the molecule is Cc1cc(NC2=CCN=C(C(F)F)N2)ncc1/C(C=NC1CC1)=C/N. The molecule has 0 atom stereocenters. The van der Waals surface area contributed by atoms with Gasteiger partial charge in [-0.3, -0.25) is 9.98 Å². The normalized spacial score (nSPS) is 18.2. The van der Waals surface area contributed by atoms with E-state index in [1.54, 1.807) is 18.5 Å². The second-order valence-corrected chi connectivity index (χ2v) is 5.91. The highest BCUT2D eigenvalue weighted by Crippen LogP contribution is 2.25. The minimum Gasteiger partial charge on any atom is -0.404 e. The number of hydrogen-bond donors (Lipinski definition) is 3. The molecule has 132 valence electrons. The monoisotopic (exact) mass is 346 g/mol. The number of halogens is 2. The molecule has 8 heteroatoms. The zero-order chi connectivity index (χ0) is 17.8. The lowest BCUT2D eigenvalue weighted by molar-refractivity contribution is 0.221. The van der Waals surface area contributed by atoms with Crippen LogP contribution in [0.4, 0.5) is 14.6 Å². The molecular weight excluding hydrogens is 326 g/mol. The van der Waals surface area contributed by atoms with Crippen molar-refractivity contribution in [3.8, 4) is 0 Å². The summed E-state index contributed by atoms with van der Waals surface area (Å²) in [6, 6.07) is 2.25. The predicted molar refractivity (Wildman–Crippen MR) is 95.8 cm³/mol. The molecule has 1 aliphatic heterocycles. The molecule has 1 aliphatic carbocycles. The largest absolute Gasteiger partial charge is 0.404 e. The number of alkyl halides is 2. The molecule has 0 bridgehead atoms. The molecule has 1 saturated carbocycles. The minimum absolute atomic E-state index is 0.198. The Labute approximate surface area is 144 Å². The van der Waals surface area contributed by atoms with E-state index in [1.807, 2.05) is 13.0 Å². The van der Waals surface area contributed by atoms with E-state index in [4.69, 9.17) is 5.73 Å². The Morgan fingerprint density at radius 3 is 2.92 bits per heavy atom. The fraction of sp³-hybridized carbons (Fsp3) is 0.353. The van der Waals surface area contributed by atoms with Gasteiger partial charge in [-0.05, 0) is 37.5 Å². The lowest BCUT2D eigenvalue weighted by Gasteiger charge is -2.18. The molecule has 25 heavy (non-hydrogen) atoms. The Morgan fingerprint density at radius 2 is 2.28 bits per heavy atom. The van der Waals surface area contributed by atoms with E-state index in [9.17, 15) is 8.78 Å². The quantitative estimate of drug-likeness (QED) is 0.691. The molecule has 1 aromatic rings. The van der Waals surface area contributed by atoms with E-state index in [-0.39, 0.29) is 12.4 Å². The van der Waals surface area contributed by atoms with Crippen molar-refractivity contribution in [2.45, 2.75) is 32.2 Å². The van der Waals surface area contributed by atoms with Gasteiger partial charge in [0.15, 0.2) is 5.84 Å². The third kappa shape index (κ3) is 4.40. The van der Waals surface area contributed by atoms with Crippen LogP contribution in [0.5, 0.6) is 0 Å². The highest BCUT2D eigenvalue weighted by atomic mass is 19.3. The van der Waals surface area contributed by atoms with Gasteiger partial charge in [0.1, 0.15) is 11.6 Å². The van der Waals surface area contributed by atoms with Crippen LogP contribution >= 0.6 is 0 Å². The van der Waals surface area contributed by atoms with E-state index < -0.39 is 6.43 Å². The standard InChI is InChI=1S/C17H20F2N6/c1-10-6-15(24-14-4-5-21-17(25-14)16(18)19)23-9-13(10)11(7-20)8-22-12-2-3-12/h4,6-9,12,16H,2-3,5,20H2,1H3,(H,21,25)(H,23,24)/b11-7+,22-8?. The zero-order valence-electron chi connectivity index (χ0n) is 13.8. The van der Waals surface area contributed by atoms with Gasteiger partial charge in [-0.1, -0.05) is 0 Å². The summed E-state index contributed by atoms with van der Waals surface area (Å²) in [5.74, 6) is 0.642. The van der Waals surface area contributed by atoms with Crippen molar-refractivity contribution in [1.82, 2.24) is 10.3 Å². The van der Waals surface area contributed by atoms with Gasteiger partial charge in [0, 0.05) is 29.7 Å². The van der Waals surface area contributed by atoms with Crippen molar-refractivity contribution in [1.29, 1.82) is 0 Å². The molecule has 0 amide bonds. The minimum atomic E-state index is -2.63. The number of nitrogens with two attached hydrogens (primary N) is 1. The Hall–Kier alpha value is -2.77. The molecule has 0 aromatic carbocycles. The number of hydrogen-bond acceptors (Lipinski definition) is 6. The number of aryl methyl sites for hydroxylation is 1. The predicted octanol–water partition coefficient (Wildman–Crippen LogP) is 2.44. The van der Waals surface area contributed by atoms with Crippen molar-refractivity contribution in [2.24, 2.45) is 15.7 Å². The van der Waals surface area contributed by atoms with Crippen molar-refractivity contribution < 1.29 is 8.78 Å². The van der Waals surface area contributed by atoms with Crippen LogP contribution in [-0.4, -0.2) is 36.0 Å². The number of pyridine rings is 1. The zero-order valence-corrected chi connectivity index (χ0v) is 13.8. The van der Waals surface area contributed by atoms with E-state index >= 15 is 0 Å². The fourth-order valence-corrected chi connectivity index (χ4v) is 2.35. The molecule has 4 N–H and O–H groups in total. The number of rotatable bonds is 6. The number of allylic oxidation sites excluding steroid dienone is 1. The number of anilines is 1. The van der Waals surface area contributed by atoms with E-state index in [0.717, 1.165) is 29.5 Å². The first-order chi connectivity index (χ1) is 12.1. The van der Waals surface area contributed by atoms with Crippen molar-refractivity contribution in [3.05, 3.63) is 41.5 Å². The fourth-order valence-electron chi connectivity index (χ4n) is 2.35. The molecule has 0 radical (unpaired) electrons. The topological polar surface area (TPSA) is 87.7 Å². The van der Waals surface area contributed by atoms with Gasteiger partial charge >= 0.3 is 0 Å². The molecule has 0 saturated heterocycles. The van der Waals surface area contributed by atoms with Crippen LogP contribution in [0.3, 0.4) is 0 Å². The van der Waals surface area contributed by atoms with Crippen molar-refractivity contribution in [3.63, 3.8) is 0 Å². The van der Waals surface area contributed by atoms with Gasteiger partial charge in [0.2, 0.25) is 0 Å². The van der Waals surface area contributed by atoms with Crippen LogP contribution in [-0.2, 0) is 0 Å². The first-order valence-electron chi connectivity index (χ1n) is 8.05. The molecule has 1 aromatic heterocycles. The second kappa shape index (κ2) is 7.42. The summed E-state index contributed by atoms with van der Waals surface area (Å²) >= 11 is 0. The van der Waals surface area contributed by atoms with Crippen LogP contribution in [0, 0.1) is 6.92 Å². The Bertz CT molecular complexity index is 762. The summed E-state index contributed by atoms with van der Waals surface area (Å²) in [7, 11) is 0. The number of nitrogens with one attached hydrogen (secondary N) is 2. The molecule has 3 rings (SSSR count). The first-order valence-corrected chi connectivity index (χ1v) is 8.05. The Kier molecular flexibility index (Phi) is 5.06. The summed E-state index contributed by atoms with van der Waals surface area (Å²) in [6.45, 7) is 2.13. The molecule has 6 nitrogen and oxygen atoms in total. The van der Waals surface area contributed by atoms with Crippen molar-refractivity contribution >= 4 is 23.4 Å². The summed E-state index contributed by atoms with van der Waals surface area (Å²) < 4.78 is 25.4. The summed E-state index contributed by atoms with van der Waals surface area (Å²) in [6.07, 6.45) is 6.29. The Morgan fingerprint density at radius 1 is 1.48 bits per heavy atom. The summed E-state index contributed by atoms with van der Waals surface area (Å²) in [5.41, 5.74) is 8.36. The van der Waals surface area contributed by atoms with Crippen molar-refractivity contribution in [2.75, 3.05) is 11.9 Å². The maximum absolute atomic E-state index is 12.7. The van der Waals surface area contributed by atoms with Crippen LogP contribution in [0.15, 0.2) is 40.3 Å². The smallest absolute Gasteiger partial charge is 0.295 e. The molecule has 1 fully saturated rings. The number of aliphatic imine (C=N–C) groups is 2. The maximum Gasteiger partial charge on any atom is 0.295 e. The first kappa shape index (κ1) is 17.1. The van der Waals surface area contributed by atoms with E-state index in [1.165, 1.54) is 6.20 Å². The van der Waals surface area contributed by atoms with Crippen LogP contribution in [0.2, 0.25) is 0 Å². The third-order valence-corrected chi connectivity index (χ3v) is 3.86. The number of nitrogens with zero attached hydrogens (tertiary/aromatic N) is 3. The molecule has 2 aliphatic rings. The lowest BCUT2D eigenvalue weighted by atomic mass is 10.0. The molecule has 0 spiro atoms. The average molecular weight is 346 g/mol.